The highest BCUT2D eigenvalue weighted by Crippen LogP contribution is 2.39. The maximum atomic E-state index is 13.0. The van der Waals surface area contributed by atoms with Crippen LogP contribution in [0.15, 0.2) is 77.3 Å². The minimum absolute atomic E-state index is 0.0475. The molecule has 0 unspecified atom stereocenters. The lowest BCUT2D eigenvalue weighted by atomic mass is 9.99. The minimum Gasteiger partial charge on any atom is -0.486 e. The summed E-state index contributed by atoms with van der Waals surface area (Å²) in [5.74, 6) is 1.68. The maximum Gasteiger partial charge on any atom is 0.416 e. The zero-order chi connectivity index (χ0) is 27.0. The summed E-state index contributed by atoms with van der Waals surface area (Å²) in [5.41, 5.74) is 1.80. The van der Waals surface area contributed by atoms with Gasteiger partial charge < -0.3 is 23.8 Å². The van der Waals surface area contributed by atoms with Crippen molar-refractivity contribution in [1.29, 1.82) is 0 Å². The predicted octanol–water partition coefficient (Wildman–Crippen LogP) is 5.41. The molecule has 0 bridgehead atoms. The summed E-state index contributed by atoms with van der Waals surface area (Å²) in [6.45, 7) is 3.03. The van der Waals surface area contributed by atoms with Gasteiger partial charge >= 0.3 is 6.18 Å². The largest absolute Gasteiger partial charge is 0.486 e. The Morgan fingerprint density at radius 3 is 2.64 bits per heavy atom. The van der Waals surface area contributed by atoms with E-state index in [1.165, 1.54) is 12.1 Å². The number of benzene rings is 2. The smallest absolute Gasteiger partial charge is 0.416 e. The van der Waals surface area contributed by atoms with Crippen LogP contribution in [0.5, 0.6) is 11.5 Å². The van der Waals surface area contributed by atoms with Crippen LogP contribution in [0.3, 0.4) is 0 Å². The van der Waals surface area contributed by atoms with Gasteiger partial charge in [0.15, 0.2) is 17.3 Å². The number of nitrogens with zero attached hydrogens (tertiary/aromatic N) is 2. The first-order valence-corrected chi connectivity index (χ1v) is 12.7. The highest BCUT2D eigenvalue weighted by atomic mass is 19.4. The SMILES string of the molecule is O=C(NCc1cccc(C(F)(F)F)c1)c1ccc(CN2CCn3cccc3[C@H]2c2ccc3c(c2)OCCO3)o1. The third kappa shape index (κ3) is 5.24. The quantitative estimate of drug-likeness (QED) is 0.357. The number of carbonyl (C=O) groups excluding carboxylic acids is 1. The Morgan fingerprint density at radius 1 is 0.949 bits per heavy atom. The summed E-state index contributed by atoms with van der Waals surface area (Å²) in [7, 11) is 0. The second kappa shape index (κ2) is 10.2. The standard InChI is InChI=1S/C29H26F3N3O4/c30-29(31,32)21-4-1-3-19(15-21)17-33-28(36)25-9-7-22(39-25)18-35-12-11-34-10-2-5-23(34)27(35)20-6-8-24-26(16-20)38-14-13-37-24/h1-10,15-16,27H,11-14,17-18H2,(H,33,36)/t27-/m1/s1. The summed E-state index contributed by atoms with van der Waals surface area (Å²) >= 11 is 0. The molecule has 2 aromatic heterocycles. The van der Waals surface area contributed by atoms with Gasteiger partial charge in [-0.15, -0.1) is 0 Å². The minimum atomic E-state index is -4.44. The fourth-order valence-corrected chi connectivity index (χ4v) is 5.13. The first-order chi connectivity index (χ1) is 18.8. The highest BCUT2D eigenvalue weighted by molar-refractivity contribution is 5.91. The van der Waals surface area contributed by atoms with Gasteiger partial charge in [0, 0.05) is 31.5 Å². The summed E-state index contributed by atoms with van der Waals surface area (Å²) in [4.78, 5) is 15.0. The Labute approximate surface area is 222 Å². The number of furan rings is 1. The van der Waals surface area contributed by atoms with Gasteiger partial charge in [-0.3, -0.25) is 9.69 Å². The molecule has 4 heterocycles. The molecule has 1 N–H and O–H groups in total. The van der Waals surface area contributed by atoms with E-state index in [-0.39, 0.29) is 18.3 Å². The van der Waals surface area contributed by atoms with E-state index in [1.807, 2.05) is 24.3 Å². The van der Waals surface area contributed by atoms with E-state index in [0.717, 1.165) is 48.0 Å². The molecule has 202 valence electrons. The zero-order valence-corrected chi connectivity index (χ0v) is 20.9. The van der Waals surface area contributed by atoms with Crippen LogP contribution < -0.4 is 14.8 Å². The first-order valence-electron chi connectivity index (χ1n) is 12.7. The number of ether oxygens (including phenoxy) is 2. The molecule has 1 amide bonds. The molecule has 2 aliphatic heterocycles. The summed E-state index contributed by atoms with van der Waals surface area (Å²) in [6, 6.07) is 18.3. The molecule has 2 aliphatic rings. The van der Waals surface area contributed by atoms with E-state index in [4.69, 9.17) is 13.9 Å². The summed E-state index contributed by atoms with van der Waals surface area (Å²) < 4.78 is 58.6. The Kier molecular flexibility index (Phi) is 6.56. The Hall–Kier alpha value is -4.18. The fraction of sp³-hybridized carbons (Fsp3) is 0.276. The topological polar surface area (TPSA) is 68.9 Å². The second-order valence-electron chi connectivity index (χ2n) is 9.55. The monoisotopic (exact) mass is 537 g/mol. The lowest BCUT2D eigenvalue weighted by Gasteiger charge is -2.37. The van der Waals surface area contributed by atoms with E-state index in [1.54, 1.807) is 12.1 Å². The normalized spacial score (nSPS) is 17.1. The first kappa shape index (κ1) is 25.1. The Balaban J connectivity index is 1.17. The molecule has 0 spiro atoms. The third-order valence-corrected chi connectivity index (χ3v) is 6.97. The third-order valence-electron chi connectivity index (χ3n) is 6.97. The van der Waals surface area contributed by atoms with Gasteiger partial charge in [-0.2, -0.15) is 13.2 Å². The number of hydrogen-bond donors (Lipinski definition) is 1. The van der Waals surface area contributed by atoms with Crippen molar-refractivity contribution in [2.45, 2.75) is 31.9 Å². The van der Waals surface area contributed by atoms with Crippen LogP contribution in [0, 0.1) is 0 Å². The van der Waals surface area contributed by atoms with E-state index in [0.29, 0.717) is 31.1 Å². The van der Waals surface area contributed by atoms with Gasteiger partial charge in [0.05, 0.1) is 18.2 Å². The number of aromatic nitrogens is 1. The molecule has 2 aromatic carbocycles. The molecule has 0 radical (unpaired) electrons. The van der Waals surface area contributed by atoms with Crippen LogP contribution in [-0.4, -0.2) is 35.1 Å². The van der Waals surface area contributed by atoms with Gasteiger partial charge in [-0.1, -0.05) is 18.2 Å². The van der Waals surface area contributed by atoms with Crippen molar-refractivity contribution in [2.24, 2.45) is 0 Å². The van der Waals surface area contributed by atoms with E-state index < -0.39 is 17.6 Å². The zero-order valence-electron chi connectivity index (χ0n) is 20.9. The van der Waals surface area contributed by atoms with Crippen molar-refractivity contribution in [2.75, 3.05) is 19.8 Å². The van der Waals surface area contributed by atoms with Crippen LogP contribution in [0.4, 0.5) is 13.2 Å². The Morgan fingerprint density at radius 2 is 1.79 bits per heavy atom. The average molecular weight is 538 g/mol. The van der Waals surface area contributed by atoms with Crippen LogP contribution in [0.25, 0.3) is 0 Å². The van der Waals surface area contributed by atoms with E-state index in [2.05, 4.69) is 27.0 Å². The van der Waals surface area contributed by atoms with Crippen molar-refractivity contribution in [1.82, 2.24) is 14.8 Å². The van der Waals surface area contributed by atoms with Crippen molar-refractivity contribution >= 4 is 5.91 Å². The fourth-order valence-electron chi connectivity index (χ4n) is 5.13. The number of hydrogen-bond acceptors (Lipinski definition) is 5. The average Bonchev–Trinajstić information content (AvgIpc) is 3.61. The van der Waals surface area contributed by atoms with Crippen molar-refractivity contribution in [3.63, 3.8) is 0 Å². The molecule has 0 saturated carbocycles. The number of alkyl halides is 3. The van der Waals surface area contributed by atoms with Crippen LogP contribution >= 0.6 is 0 Å². The van der Waals surface area contributed by atoms with Crippen molar-refractivity contribution in [3.8, 4) is 11.5 Å². The molecule has 0 fully saturated rings. The van der Waals surface area contributed by atoms with Gasteiger partial charge in [0.1, 0.15) is 19.0 Å². The highest BCUT2D eigenvalue weighted by Gasteiger charge is 2.32. The number of halogens is 3. The molecular weight excluding hydrogens is 511 g/mol. The van der Waals surface area contributed by atoms with E-state index >= 15 is 0 Å². The molecule has 6 rings (SSSR count). The molecule has 0 saturated heterocycles. The molecule has 7 nitrogen and oxygen atoms in total. The predicted molar refractivity (Wildman–Crippen MR) is 135 cm³/mol. The number of fused-ring (bicyclic) bond motifs is 2. The maximum absolute atomic E-state index is 13.0. The van der Waals surface area contributed by atoms with Gasteiger partial charge in [-0.25, -0.2) is 0 Å². The number of carbonyl (C=O) groups is 1. The number of amides is 1. The van der Waals surface area contributed by atoms with Crippen LogP contribution in [-0.2, 0) is 25.8 Å². The summed E-state index contributed by atoms with van der Waals surface area (Å²) in [6.07, 6.45) is -2.37. The number of nitrogens with one attached hydrogen (secondary N) is 1. The van der Waals surface area contributed by atoms with Crippen molar-refractivity contribution in [3.05, 3.63) is 107 Å². The molecule has 39 heavy (non-hydrogen) atoms. The molecular formula is C29H26F3N3O4. The molecule has 4 aromatic rings. The van der Waals surface area contributed by atoms with E-state index in [9.17, 15) is 18.0 Å². The van der Waals surface area contributed by atoms with Crippen LogP contribution in [0.1, 0.15) is 44.7 Å². The second-order valence-corrected chi connectivity index (χ2v) is 9.55. The number of rotatable bonds is 6. The van der Waals surface area contributed by atoms with Gasteiger partial charge in [-0.05, 0) is 59.7 Å². The molecule has 1 atom stereocenters. The van der Waals surface area contributed by atoms with Gasteiger partial charge in [0.2, 0.25) is 0 Å². The summed E-state index contributed by atoms with van der Waals surface area (Å²) in [5, 5.41) is 2.64. The molecule has 10 heteroatoms. The van der Waals surface area contributed by atoms with Crippen molar-refractivity contribution < 1.29 is 31.9 Å². The molecule has 0 aliphatic carbocycles. The van der Waals surface area contributed by atoms with Crippen LogP contribution in [0.2, 0.25) is 0 Å². The Bertz CT molecular complexity index is 1490. The lowest BCUT2D eigenvalue weighted by molar-refractivity contribution is -0.137. The van der Waals surface area contributed by atoms with Gasteiger partial charge in [0.25, 0.3) is 5.91 Å². The lowest BCUT2D eigenvalue weighted by Crippen LogP contribution is -2.37.